The molecule has 0 radical (unpaired) electrons. The zero-order valence-corrected chi connectivity index (χ0v) is 17.4. The molecule has 0 saturated carbocycles. The number of fused-ring (bicyclic) bond motifs is 1. The number of hydrogen-bond acceptors (Lipinski definition) is 4. The number of pyridine rings is 1. The molecule has 0 amide bonds. The number of aryl methyl sites for hydroxylation is 3. The number of aromatic nitrogens is 2. The van der Waals surface area contributed by atoms with Gasteiger partial charge < -0.3 is 9.63 Å². The van der Waals surface area contributed by atoms with Crippen LogP contribution in [0, 0.1) is 5.92 Å². The number of carboxylic acids is 1. The Morgan fingerprint density at radius 3 is 2.55 bits per heavy atom. The van der Waals surface area contributed by atoms with E-state index < -0.39 is 11.9 Å². The third kappa shape index (κ3) is 5.57. The average Bonchev–Trinajstić information content (AvgIpc) is 3.20. The first-order valence-corrected chi connectivity index (χ1v) is 10.7. The topological polar surface area (TPSA) is 76.2 Å². The van der Waals surface area contributed by atoms with Crippen LogP contribution in [0.15, 0.2) is 77.4 Å². The molecule has 2 aromatic carbocycles. The van der Waals surface area contributed by atoms with Crippen molar-refractivity contribution in [3.05, 3.63) is 95.4 Å². The van der Waals surface area contributed by atoms with Gasteiger partial charge in [-0.15, -0.1) is 0 Å². The van der Waals surface area contributed by atoms with E-state index in [0.29, 0.717) is 18.4 Å². The van der Waals surface area contributed by atoms with E-state index in [9.17, 15) is 9.90 Å². The predicted octanol–water partition coefficient (Wildman–Crippen LogP) is 5.27. The van der Waals surface area contributed by atoms with E-state index in [-0.39, 0.29) is 0 Å². The molecule has 1 atom stereocenters. The monoisotopic (exact) mass is 414 g/mol. The normalized spacial score (nSPS) is 12.1. The molecule has 0 spiro atoms. The maximum Gasteiger partial charge on any atom is 0.306 e. The Balaban J connectivity index is 1.38. The molecule has 1 N–H and O–H groups in total. The molecule has 2 aromatic heterocycles. The van der Waals surface area contributed by atoms with Crippen LogP contribution in [-0.2, 0) is 30.5 Å². The van der Waals surface area contributed by atoms with E-state index in [1.54, 1.807) is 6.20 Å². The summed E-state index contributed by atoms with van der Waals surface area (Å²) in [4.78, 5) is 16.1. The minimum atomic E-state index is -0.748. The highest BCUT2D eigenvalue weighted by Gasteiger charge is 2.19. The summed E-state index contributed by atoms with van der Waals surface area (Å²) in [6, 6.07) is 22.0. The van der Waals surface area contributed by atoms with Crippen LogP contribution in [0.4, 0.5) is 0 Å². The van der Waals surface area contributed by atoms with Crippen molar-refractivity contribution in [1.29, 1.82) is 0 Å². The van der Waals surface area contributed by atoms with Crippen LogP contribution in [-0.4, -0.2) is 21.2 Å². The zero-order valence-electron chi connectivity index (χ0n) is 17.4. The number of carbonyl (C=O) groups is 1. The molecular formula is C26H26N2O3. The Labute approximate surface area is 181 Å². The second kappa shape index (κ2) is 10.0. The zero-order chi connectivity index (χ0) is 21.5. The second-order valence-electron chi connectivity index (χ2n) is 7.90. The highest BCUT2D eigenvalue weighted by atomic mass is 16.5. The smallest absolute Gasteiger partial charge is 0.306 e. The van der Waals surface area contributed by atoms with Gasteiger partial charge in [0.25, 0.3) is 0 Å². The molecule has 31 heavy (non-hydrogen) atoms. The summed E-state index contributed by atoms with van der Waals surface area (Å²) in [5, 5.41) is 14.9. The van der Waals surface area contributed by atoms with Crippen LogP contribution < -0.4 is 0 Å². The van der Waals surface area contributed by atoms with E-state index >= 15 is 0 Å². The first-order valence-electron chi connectivity index (χ1n) is 10.7. The lowest BCUT2D eigenvalue weighted by Gasteiger charge is -2.12. The van der Waals surface area contributed by atoms with Crippen molar-refractivity contribution in [2.75, 3.05) is 0 Å². The van der Waals surface area contributed by atoms with Gasteiger partial charge in [-0.2, -0.15) is 0 Å². The number of aliphatic carboxylic acids is 1. The van der Waals surface area contributed by atoms with E-state index in [1.165, 1.54) is 5.56 Å². The molecule has 0 aliphatic heterocycles. The van der Waals surface area contributed by atoms with Crippen LogP contribution in [0.2, 0.25) is 0 Å². The van der Waals surface area contributed by atoms with Crippen LogP contribution in [0.25, 0.3) is 11.0 Å². The van der Waals surface area contributed by atoms with Crippen molar-refractivity contribution >= 4 is 16.9 Å². The van der Waals surface area contributed by atoms with E-state index in [2.05, 4.69) is 22.3 Å². The fourth-order valence-corrected chi connectivity index (χ4v) is 3.93. The number of hydrogen-bond donors (Lipinski definition) is 1. The molecule has 0 saturated heterocycles. The lowest BCUT2D eigenvalue weighted by molar-refractivity contribution is -0.142. The molecule has 0 fully saturated rings. The lowest BCUT2D eigenvalue weighted by atomic mass is 9.92. The van der Waals surface area contributed by atoms with E-state index in [1.807, 2.05) is 54.6 Å². The third-order valence-electron chi connectivity index (χ3n) is 5.65. The van der Waals surface area contributed by atoms with Crippen molar-refractivity contribution in [3.63, 3.8) is 0 Å². The van der Waals surface area contributed by atoms with Crippen molar-refractivity contribution in [2.45, 2.75) is 38.5 Å². The summed E-state index contributed by atoms with van der Waals surface area (Å²) in [7, 11) is 0. The quantitative estimate of drug-likeness (QED) is 0.382. The SMILES string of the molecule is O=C(O)C(CCCc1ccccc1)Cc1ccc2c(CCc3ccccn3)noc2c1. The molecule has 4 rings (SSSR count). The predicted molar refractivity (Wildman–Crippen MR) is 120 cm³/mol. The molecule has 5 heteroatoms. The van der Waals surface area contributed by atoms with Gasteiger partial charge in [0.15, 0.2) is 5.58 Å². The molecule has 158 valence electrons. The highest BCUT2D eigenvalue weighted by Crippen LogP contribution is 2.24. The standard InChI is InChI=1S/C26H26N2O3/c29-26(30)21(10-6-9-19-7-2-1-3-8-19)17-20-12-14-23-24(28-31-25(23)18-20)15-13-22-11-4-5-16-27-22/h1-5,7-8,11-12,14,16,18,21H,6,9-10,13,15,17H2,(H,29,30). The fraction of sp³-hybridized carbons (Fsp3) is 0.269. The van der Waals surface area contributed by atoms with Crippen molar-refractivity contribution in [2.24, 2.45) is 5.92 Å². The summed E-state index contributed by atoms with van der Waals surface area (Å²) in [5.41, 5.74) is 4.85. The highest BCUT2D eigenvalue weighted by molar-refractivity contribution is 5.80. The van der Waals surface area contributed by atoms with Crippen molar-refractivity contribution < 1.29 is 14.4 Å². The molecular weight excluding hydrogens is 388 g/mol. The summed E-state index contributed by atoms with van der Waals surface area (Å²) < 4.78 is 5.54. The summed E-state index contributed by atoms with van der Waals surface area (Å²) in [5.74, 6) is -1.16. The molecule has 0 aliphatic carbocycles. The lowest BCUT2D eigenvalue weighted by Crippen LogP contribution is -2.16. The summed E-state index contributed by atoms with van der Waals surface area (Å²) >= 11 is 0. The van der Waals surface area contributed by atoms with Crippen LogP contribution in [0.5, 0.6) is 0 Å². The summed E-state index contributed by atoms with van der Waals surface area (Å²) in [6.07, 6.45) is 6.22. The van der Waals surface area contributed by atoms with Crippen LogP contribution >= 0.6 is 0 Å². The minimum Gasteiger partial charge on any atom is -0.481 e. The maximum atomic E-state index is 11.8. The van der Waals surface area contributed by atoms with Crippen molar-refractivity contribution in [1.82, 2.24) is 10.1 Å². The first-order chi connectivity index (χ1) is 15.2. The Kier molecular flexibility index (Phi) is 6.72. The van der Waals surface area contributed by atoms with Gasteiger partial charge in [-0.05, 0) is 73.9 Å². The van der Waals surface area contributed by atoms with Gasteiger partial charge >= 0.3 is 5.97 Å². The van der Waals surface area contributed by atoms with Gasteiger partial charge in [0.1, 0.15) is 0 Å². The fourth-order valence-electron chi connectivity index (χ4n) is 3.93. The molecule has 0 aliphatic rings. The van der Waals surface area contributed by atoms with Crippen LogP contribution in [0.1, 0.15) is 35.4 Å². The van der Waals surface area contributed by atoms with Gasteiger partial charge in [-0.3, -0.25) is 9.78 Å². The van der Waals surface area contributed by atoms with Crippen molar-refractivity contribution in [3.8, 4) is 0 Å². The second-order valence-corrected chi connectivity index (χ2v) is 7.90. The van der Waals surface area contributed by atoms with Gasteiger partial charge in [0, 0.05) is 17.3 Å². The Hall–Kier alpha value is -3.47. The third-order valence-corrected chi connectivity index (χ3v) is 5.65. The Morgan fingerprint density at radius 2 is 1.77 bits per heavy atom. The number of rotatable bonds is 10. The van der Waals surface area contributed by atoms with E-state index in [4.69, 9.17) is 4.52 Å². The molecule has 4 aromatic rings. The molecule has 1 unspecified atom stereocenters. The van der Waals surface area contributed by atoms with Gasteiger partial charge in [0.05, 0.1) is 11.6 Å². The van der Waals surface area contributed by atoms with Crippen LogP contribution in [0.3, 0.4) is 0 Å². The number of nitrogens with zero attached hydrogens (tertiary/aromatic N) is 2. The Morgan fingerprint density at radius 1 is 0.935 bits per heavy atom. The molecule has 5 nitrogen and oxygen atoms in total. The molecule has 2 heterocycles. The number of benzene rings is 2. The Bertz CT molecular complexity index is 1120. The largest absolute Gasteiger partial charge is 0.481 e. The minimum absolute atomic E-state index is 0.410. The van der Waals surface area contributed by atoms with Gasteiger partial charge in [-0.1, -0.05) is 47.6 Å². The molecule has 0 bridgehead atoms. The summed E-state index contributed by atoms with van der Waals surface area (Å²) in [6.45, 7) is 0. The first kappa shape index (κ1) is 20.8. The van der Waals surface area contributed by atoms with Gasteiger partial charge in [-0.25, -0.2) is 0 Å². The number of carboxylic acid groups (broad SMARTS) is 1. The maximum absolute atomic E-state index is 11.8. The van der Waals surface area contributed by atoms with Gasteiger partial charge in [0.2, 0.25) is 0 Å². The van der Waals surface area contributed by atoms with E-state index in [0.717, 1.165) is 48.0 Å². The average molecular weight is 415 g/mol.